The zero-order chi connectivity index (χ0) is 11.5. The molecule has 2 rings (SSSR count). The van der Waals surface area contributed by atoms with Gasteiger partial charge in [0.1, 0.15) is 0 Å². The molecule has 1 fully saturated rings. The number of rotatable bonds is 2. The molecule has 2 unspecified atom stereocenters. The van der Waals surface area contributed by atoms with E-state index in [1.807, 2.05) is 6.20 Å². The SMILES string of the molecule is CC1CCC(C)N(c2ccnc(CCl)c2)C1. The summed E-state index contributed by atoms with van der Waals surface area (Å²) in [7, 11) is 0. The van der Waals surface area contributed by atoms with E-state index in [1.54, 1.807) is 0 Å². The van der Waals surface area contributed by atoms with Crippen LogP contribution in [0.5, 0.6) is 0 Å². The molecule has 2 heterocycles. The third kappa shape index (κ3) is 2.49. The van der Waals surface area contributed by atoms with E-state index in [-0.39, 0.29) is 0 Å². The molecule has 2 atom stereocenters. The summed E-state index contributed by atoms with van der Waals surface area (Å²) < 4.78 is 0. The summed E-state index contributed by atoms with van der Waals surface area (Å²) in [5.41, 5.74) is 2.23. The minimum Gasteiger partial charge on any atom is -0.368 e. The first kappa shape index (κ1) is 11.7. The molecular weight excluding hydrogens is 220 g/mol. The summed E-state index contributed by atoms with van der Waals surface area (Å²) in [5, 5.41) is 0. The Hall–Kier alpha value is -0.760. The van der Waals surface area contributed by atoms with Gasteiger partial charge in [0, 0.05) is 24.5 Å². The van der Waals surface area contributed by atoms with Crippen molar-refractivity contribution in [3.8, 4) is 0 Å². The maximum atomic E-state index is 5.82. The van der Waals surface area contributed by atoms with Gasteiger partial charge in [-0.3, -0.25) is 4.98 Å². The molecule has 1 aliphatic rings. The van der Waals surface area contributed by atoms with Gasteiger partial charge in [0.2, 0.25) is 0 Å². The maximum absolute atomic E-state index is 5.82. The first-order valence-electron chi connectivity index (χ1n) is 5.98. The molecule has 0 amide bonds. The van der Waals surface area contributed by atoms with E-state index in [0.29, 0.717) is 11.9 Å². The number of aromatic nitrogens is 1. The summed E-state index contributed by atoms with van der Waals surface area (Å²) in [6, 6.07) is 4.83. The third-order valence-electron chi connectivity index (χ3n) is 3.39. The highest BCUT2D eigenvalue weighted by atomic mass is 35.5. The number of hydrogen-bond acceptors (Lipinski definition) is 2. The van der Waals surface area contributed by atoms with Crippen LogP contribution in [-0.2, 0) is 5.88 Å². The predicted octanol–water partition coefficient (Wildman–Crippen LogP) is 3.45. The lowest BCUT2D eigenvalue weighted by Gasteiger charge is -2.38. The number of anilines is 1. The molecule has 1 aromatic heterocycles. The van der Waals surface area contributed by atoms with E-state index in [2.05, 4.69) is 35.9 Å². The van der Waals surface area contributed by atoms with Gasteiger partial charge in [-0.2, -0.15) is 0 Å². The van der Waals surface area contributed by atoms with Crippen molar-refractivity contribution in [3.63, 3.8) is 0 Å². The first-order valence-corrected chi connectivity index (χ1v) is 6.51. The summed E-state index contributed by atoms with van der Waals surface area (Å²) in [6.07, 6.45) is 4.48. The van der Waals surface area contributed by atoms with Crippen molar-refractivity contribution in [2.24, 2.45) is 5.92 Å². The lowest BCUT2D eigenvalue weighted by atomic mass is 9.94. The van der Waals surface area contributed by atoms with Crippen molar-refractivity contribution < 1.29 is 0 Å². The summed E-state index contributed by atoms with van der Waals surface area (Å²) >= 11 is 5.82. The number of piperidine rings is 1. The third-order valence-corrected chi connectivity index (χ3v) is 3.66. The quantitative estimate of drug-likeness (QED) is 0.734. The van der Waals surface area contributed by atoms with Gasteiger partial charge in [-0.1, -0.05) is 6.92 Å². The normalized spacial score (nSPS) is 25.8. The van der Waals surface area contributed by atoms with Crippen LogP contribution in [0.1, 0.15) is 32.4 Å². The largest absolute Gasteiger partial charge is 0.368 e. The van der Waals surface area contributed by atoms with Crippen LogP contribution in [0, 0.1) is 5.92 Å². The van der Waals surface area contributed by atoms with Crippen LogP contribution in [0.3, 0.4) is 0 Å². The molecule has 3 heteroatoms. The Bertz CT molecular complexity index is 354. The van der Waals surface area contributed by atoms with Crippen LogP contribution >= 0.6 is 11.6 Å². The van der Waals surface area contributed by atoms with Gasteiger partial charge in [0.25, 0.3) is 0 Å². The number of alkyl halides is 1. The molecule has 88 valence electrons. The molecule has 0 aromatic carbocycles. The fraction of sp³-hybridized carbons (Fsp3) is 0.615. The Labute approximate surface area is 103 Å². The fourth-order valence-corrected chi connectivity index (χ4v) is 2.51. The maximum Gasteiger partial charge on any atom is 0.0648 e. The van der Waals surface area contributed by atoms with Gasteiger partial charge in [-0.15, -0.1) is 11.6 Å². The molecule has 16 heavy (non-hydrogen) atoms. The van der Waals surface area contributed by atoms with Gasteiger partial charge < -0.3 is 4.90 Å². The highest BCUT2D eigenvalue weighted by molar-refractivity contribution is 6.16. The Kier molecular flexibility index (Phi) is 3.70. The van der Waals surface area contributed by atoms with E-state index in [4.69, 9.17) is 11.6 Å². The average molecular weight is 239 g/mol. The molecule has 0 bridgehead atoms. The topological polar surface area (TPSA) is 16.1 Å². The molecule has 1 aliphatic heterocycles. The van der Waals surface area contributed by atoms with Crippen molar-refractivity contribution >= 4 is 17.3 Å². The van der Waals surface area contributed by atoms with Gasteiger partial charge >= 0.3 is 0 Å². The minimum absolute atomic E-state index is 0.492. The second-order valence-electron chi connectivity index (χ2n) is 4.82. The molecule has 0 radical (unpaired) electrons. The predicted molar refractivity (Wildman–Crippen MR) is 69.0 cm³/mol. The van der Waals surface area contributed by atoms with E-state index in [9.17, 15) is 0 Å². The van der Waals surface area contributed by atoms with Crippen LogP contribution in [-0.4, -0.2) is 17.6 Å². The zero-order valence-corrected chi connectivity index (χ0v) is 10.7. The molecule has 0 aliphatic carbocycles. The van der Waals surface area contributed by atoms with Gasteiger partial charge in [-0.05, 0) is 37.8 Å². The van der Waals surface area contributed by atoms with Crippen molar-refractivity contribution in [1.82, 2.24) is 4.98 Å². The van der Waals surface area contributed by atoms with E-state index in [0.717, 1.165) is 18.2 Å². The second kappa shape index (κ2) is 5.05. The van der Waals surface area contributed by atoms with Gasteiger partial charge in [0.05, 0.1) is 11.6 Å². The van der Waals surface area contributed by atoms with E-state index >= 15 is 0 Å². The van der Waals surface area contributed by atoms with Gasteiger partial charge in [-0.25, -0.2) is 0 Å². The lowest BCUT2D eigenvalue weighted by molar-refractivity contribution is 0.390. The lowest BCUT2D eigenvalue weighted by Crippen LogP contribution is -2.41. The fourth-order valence-electron chi connectivity index (χ4n) is 2.37. The summed E-state index contributed by atoms with van der Waals surface area (Å²) in [4.78, 5) is 6.72. The molecule has 2 nitrogen and oxygen atoms in total. The van der Waals surface area contributed by atoms with Crippen molar-refractivity contribution in [2.45, 2.75) is 38.6 Å². The average Bonchev–Trinajstić information content (AvgIpc) is 2.32. The molecule has 0 spiro atoms. The van der Waals surface area contributed by atoms with Crippen LogP contribution in [0.4, 0.5) is 5.69 Å². The number of pyridine rings is 1. The zero-order valence-electron chi connectivity index (χ0n) is 9.99. The molecule has 1 aromatic rings. The molecule has 1 saturated heterocycles. The van der Waals surface area contributed by atoms with Crippen LogP contribution < -0.4 is 4.90 Å². The van der Waals surface area contributed by atoms with Crippen LogP contribution in [0.15, 0.2) is 18.3 Å². The van der Waals surface area contributed by atoms with E-state index in [1.165, 1.54) is 18.5 Å². The van der Waals surface area contributed by atoms with Crippen molar-refractivity contribution in [2.75, 3.05) is 11.4 Å². The van der Waals surface area contributed by atoms with E-state index < -0.39 is 0 Å². The Morgan fingerprint density at radius 1 is 1.44 bits per heavy atom. The number of hydrogen-bond donors (Lipinski definition) is 0. The number of nitrogens with zero attached hydrogens (tertiary/aromatic N) is 2. The standard InChI is InChI=1S/C13H19ClN2/c1-10-3-4-11(2)16(9-10)13-5-6-15-12(7-13)8-14/h5-7,10-11H,3-4,8-9H2,1-2H3. The van der Waals surface area contributed by atoms with Crippen molar-refractivity contribution in [3.05, 3.63) is 24.0 Å². The minimum atomic E-state index is 0.492. The Balaban J connectivity index is 2.20. The smallest absolute Gasteiger partial charge is 0.0648 e. The second-order valence-corrected chi connectivity index (χ2v) is 5.09. The summed E-state index contributed by atoms with van der Waals surface area (Å²) in [6.45, 7) is 5.77. The van der Waals surface area contributed by atoms with Crippen LogP contribution in [0.2, 0.25) is 0 Å². The first-order chi connectivity index (χ1) is 7.70. The van der Waals surface area contributed by atoms with Crippen molar-refractivity contribution in [1.29, 1.82) is 0 Å². The Morgan fingerprint density at radius 2 is 2.25 bits per heavy atom. The highest BCUT2D eigenvalue weighted by Gasteiger charge is 2.23. The molecular formula is C13H19ClN2. The molecule has 0 N–H and O–H groups in total. The summed E-state index contributed by atoms with van der Waals surface area (Å²) in [5.74, 6) is 1.27. The van der Waals surface area contributed by atoms with Gasteiger partial charge in [0.15, 0.2) is 0 Å². The van der Waals surface area contributed by atoms with Crippen LogP contribution in [0.25, 0.3) is 0 Å². The highest BCUT2D eigenvalue weighted by Crippen LogP contribution is 2.27. The molecule has 0 saturated carbocycles. The number of halogens is 1. The monoisotopic (exact) mass is 238 g/mol. The Morgan fingerprint density at radius 3 is 3.00 bits per heavy atom.